The van der Waals surface area contributed by atoms with Crippen molar-refractivity contribution in [3.8, 4) is 11.9 Å². The van der Waals surface area contributed by atoms with Crippen LogP contribution in [0.4, 0.5) is 13.6 Å². The minimum absolute atomic E-state index is 0.123. The van der Waals surface area contributed by atoms with Gasteiger partial charge in [0.15, 0.2) is 11.7 Å². The van der Waals surface area contributed by atoms with Crippen molar-refractivity contribution in [2.75, 3.05) is 6.54 Å². The van der Waals surface area contributed by atoms with Crippen LogP contribution in [0.3, 0.4) is 0 Å². The quantitative estimate of drug-likeness (QED) is 0.363. The Labute approximate surface area is 226 Å². The van der Waals surface area contributed by atoms with Crippen LogP contribution in [0.15, 0.2) is 42.5 Å². The maximum absolute atomic E-state index is 14.9. The molecule has 1 aromatic carbocycles. The average molecular weight is 543 g/mol. The first kappa shape index (κ1) is 29.5. The summed E-state index contributed by atoms with van der Waals surface area (Å²) < 4.78 is 46.9. The molecule has 0 saturated carbocycles. The number of halogens is 2. The van der Waals surface area contributed by atoms with E-state index in [0.29, 0.717) is 11.6 Å². The summed E-state index contributed by atoms with van der Waals surface area (Å²) in [6.45, 7) is 14.7. The average Bonchev–Trinajstić information content (AvgIpc) is 3.19. The third-order valence-corrected chi connectivity index (χ3v) is 5.54. The fourth-order valence-electron chi connectivity index (χ4n) is 3.95. The second-order valence-electron chi connectivity index (χ2n) is 11.0. The Bertz CT molecular complexity index is 1370. The maximum Gasteiger partial charge on any atom is 0.411 e. The Balaban J connectivity index is 2.11. The molecule has 1 fully saturated rings. The van der Waals surface area contributed by atoms with Crippen LogP contribution in [-0.4, -0.2) is 56.8 Å². The molecule has 2 heterocycles. The normalized spacial score (nSPS) is 19.1. The number of likely N-dealkylation sites (tertiary alicyclic amines) is 1. The second-order valence-corrected chi connectivity index (χ2v) is 11.0. The molecule has 1 aliphatic heterocycles. The van der Waals surface area contributed by atoms with Crippen LogP contribution in [0.25, 0.3) is 11.0 Å². The summed E-state index contributed by atoms with van der Waals surface area (Å²) in [5.41, 5.74) is -1.70. The molecule has 39 heavy (non-hydrogen) atoms. The summed E-state index contributed by atoms with van der Waals surface area (Å²) in [7, 11) is 0. The van der Waals surface area contributed by atoms with E-state index in [4.69, 9.17) is 14.2 Å². The highest BCUT2D eigenvalue weighted by Crippen LogP contribution is 2.38. The number of nitriles is 1. The molecule has 3 rings (SSSR count). The number of alkyl halides is 2. The monoisotopic (exact) mass is 542 g/mol. The molecule has 11 heteroatoms. The Morgan fingerprint density at radius 1 is 1.10 bits per heavy atom. The number of allylic oxidation sites excluding steroid dienone is 2. The number of aromatic nitrogens is 2. The molecule has 0 N–H and O–H groups in total. The van der Waals surface area contributed by atoms with Crippen LogP contribution in [0.5, 0.6) is 5.88 Å². The van der Waals surface area contributed by atoms with Gasteiger partial charge in [0.05, 0.1) is 29.2 Å². The van der Waals surface area contributed by atoms with Crippen molar-refractivity contribution in [2.24, 2.45) is 0 Å². The zero-order valence-corrected chi connectivity index (χ0v) is 23.0. The van der Waals surface area contributed by atoms with E-state index < -0.39 is 52.9 Å². The lowest BCUT2D eigenvalue weighted by Gasteiger charge is -2.29. The number of carbonyl (C=O) groups is 2. The highest BCUT2D eigenvalue weighted by Gasteiger charge is 2.48. The molecular weight excluding hydrogens is 510 g/mol. The predicted octanol–water partition coefficient (Wildman–Crippen LogP) is 5.43. The lowest BCUT2D eigenvalue weighted by Crippen LogP contribution is -2.46. The van der Waals surface area contributed by atoms with Gasteiger partial charge in [-0.25, -0.2) is 19.6 Å². The summed E-state index contributed by atoms with van der Waals surface area (Å²) in [5.74, 6) is -4.87. The van der Waals surface area contributed by atoms with Gasteiger partial charge in [-0.1, -0.05) is 12.7 Å². The fraction of sp³-hybridized carbons (Fsp3) is 0.464. The summed E-state index contributed by atoms with van der Waals surface area (Å²) in [6.07, 6.45) is 0.118. The van der Waals surface area contributed by atoms with Gasteiger partial charge in [-0.15, -0.1) is 0 Å². The molecule has 1 aromatic heterocycles. The lowest BCUT2D eigenvalue weighted by molar-refractivity contribution is -0.158. The highest BCUT2D eigenvalue weighted by atomic mass is 19.3. The van der Waals surface area contributed by atoms with E-state index in [1.807, 2.05) is 6.07 Å². The summed E-state index contributed by atoms with van der Waals surface area (Å²) in [6, 6.07) is 4.98. The first-order valence-corrected chi connectivity index (χ1v) is 12.3. The number of amides is 1. The predicted molar refractivity (Wildman–Crippen MR) is 139 cm³/mol. The van der Waals surface area contributed by atoms with Crippen LogP contribution in [-0.2, 0) is 20.2 Å². The van der Waals surface area contributed by atoms with Crippen LogP contribution >= 0.6 is 0 Å². The van der Waals surface area contributed by atoms with Crippen molar-refractivity contribution in [1.29, 1.82) is 5.26 Å². The van der Waals surface area contributed by atoms with Gasteiger partial charge in [0.1, 0.15) is 17.3 Å². The maximum atomic E-state index is 14.9. The largest absolute Gasteiger partial charge is 0.466 e. The Hall–Kier alpha value is -4.07. The van der Waals surface area contributed by atoms with Gasteiger partial charge in [-0.05, 0) is 72.7 Å². The fourth-order valence-corrected chi connectivity index (χ4v) is 3.95. The van der Waals surface area contributed by atoms with Crippen LogP contribution in [0.2, 0.25) is 0 Å². The number of carbonyl (C=O) groups excluding carboxylic acids is 2. The first-order valence-electron chi connectivity index (χ1n) is 12.3. The van der Waals surface area contributed by atoms with E-state index in [2.05, 4.69) is 16.5 Å². The smallest absolute Gasteiger partial charge is 0.411 e. The number of ether oxygens (including phenoxy) is 3. The zero-order valence-electron chi connectivity index (χ0n) is 23.0. The van der Waals surface area contributed by atoms with Crippen molar-refractivity contribution in [1.82, 2.24) is 14.9 Å². The lowest BCUT2D eigenvalue weighted by atomic mass is 10.1. The van der Waals surface area contributed by atoms with E-state index in [9.17, 15) is 23.6 Å². The zero-order chi connectivity index (χ0) is 29.3. The van der Waals surface area contributed by atoms with Gasteiger partial charge in [0.25, 0.3) is 0 Å². The molecule has 0 spiro atoms. The van der Waals surface area contributed by atoms with Gasteiger partial charge in [0, 0.05) is 5.57 Å². The molecule has 0 radical (unpaired) electrons. The Morgan fingerprint density at radius 3 is 2.28 bits per heavy atom. The molecule has 9 nitrogen and oxygen atoms in total. The third kappa shape index (κ3) is 6.69. The Kier molecular flexibility index (Phi) is 8.01. The van der Waals surface area contributed by atoms with Gasteiger partial charge in [-0.3, -0.25) is 4.90 Å². The number of hydrogen-bond donors (Lipinski definition) is 0. The molecule has 1 amide bonds. The number of esters is 1. The van der Waals surface area contributed by atoms with E-state index >= 15 is 0 Å². The molecule has 2 aromatic rings. The van der Waals surface area contributed by atoms with E-state index in [1.165, 1.54) is 18.2 Å². The van der Waals surface area contributed by atoms with Crippen molar-refractivity contribution in [3.63, 3.8) is 0 Å². The summed E-state index contributed by atoms with van der Waals surface area (Å²) >= 11 is 0. The van der Waals surface area contributed by atoms with Gasteiger partial charge in [-0.2, -0.15) is 14.0 Å². The molecule has 208 valence electrons. The SMILES string of the molecule is C=CC(F)(F)c1nc2ccc(C#N)cc2nc1O[C@H]1CN(C(=O)OC(C)(C)C)[C@H](C(=O)OC(C)(C)C)/C1=C\C. The number of benzene rings is 1. The molecule has 1 saturated heterocycles. The molecular formula is C28H32F2N4O5. The molecule has 0 aliphatic carbocycles. The van der Waals surface area contributed by atoms with E-state index in [-0.39, 0.29) is 23.1 Å². The van der Waals surface area contributed by atoms with E-state index in [1.54, 1.807) is 54.5 Å². The number of nitrogens with zero attached hydrogens (tertiary/aromatic N) is 4. The van der Waals surface area contributed by atoms with Gasteiger partial charge in [0.2, 0.25) is 5.88 Å². The van der Waals surface area contributed by atoms with Crippen molar-refractivity contribution in [2.45, 2.75) is 77.7 Å². The number of rotatable bonds is 5. The third-order valence-electron chi connectivity index (χ3n) is 5.54. The van der Waals surface area contributed by atoms with Crippen LogP contribution < -0.4 is 4.74 Å². The van der Waals surface area contributed by atoms with Crippen molar-refractivity contribution < 1.29 is 32.6 Å². The topological polar surface area (TPSA) is 115 Å². The summed E-state index contributed by atoms with van der Waals surface area (Å²) in [5, 5.41) is 9.24. The van der Waals surface area contributed by atoms with Gasteiger partial charge < -0.3 is 14.2 Å². The molecule has 2 atom stereocenters. The molecule has 1 aliphatic rings. The van der Waals surface area contributed by atoms with E-state index in [0.717, 1.165) is 4.90 Å². The summed E-state index contributed by atoms with van der Waals surface area (Å²) in [4.78, 5) is 35.9. The first-order chi connectivity index (χ1) is 18.0. The number of fused-ring (bicyclic) bond motifs is 1. The minimum Gasteiger partial charge on any atom is -0.466 e. The Morgan fingerprint density at radius 2 is 1.74 bits per heavy atom. The van der Waals surface area contributed by atoms with Crippen molar-refractivity contribution >= 4 is 23.1 Å². The highest BCUT2D eigenvalue weighted by molar-refractivity contribution is 5.86. The number of hydrogen-bond acceptors (Lipinski definition) is 8. The van der Waals surface area contributed by atoms with Crippen LogP contribution in [0.1, 0.15) is 59.7 Å². The standard InChI is InChI=1S/C28H32F2N4O5/c1-9-17-20(15-34(25(36)39-27(6,7)8)21(17)24(35)38-26(3,4)5)37-23-22(28(29,30)10-2)32-18-12-11-16(14-31)13-19(18)33-23/h9-13,20-21H,2,15H2,1,3-8H3/b17-9-/t20-,21-/m0/s1. The molecule has 0 unspecified atom stereocenters. The van der Waals surface area contributed by atoms with Crippen LogP contribution in [0, 0.1) is 11.3 Å². The van der Waals surface area contributed by atoms with Gasteiger partial charge >= 0.3 is 18.0 Å². The minimum atomic E-state index is -3.62. The second kappa shape index (κ2) is 10.6. The molecule has 0 bridgehead atoms. The van der Waals surface area contributed by atoms with Crippen molar-refractivity contribution in [3.05, 3.63) is 53.8 Å².